The third-order valence-corrected chi connectivity index (χ3v) is 8.37. The van der Waals surface area contributed by atoms with Crippen LogP contribution in [0.15, 0.2) is 24.3 Å². The lowest BCUT2D eigenvalue weighted by molar-refractivity contribution is -0.305. The van der Waals surface area contributed by atoms with Crippen LogP contribution in [-0.2, 0) is 23.7 Å². The van der Waals surface area contributed by atoms with Gasteiger partial charge in [0.1, 0.15) is 30.5 Å². The second kappa shape index (κ2) is 29.8. The normalized spacial score (nSPS) is 22.6. The highest BCUT2D eigenvalue weighted by atomic mass is 16.7. The quantitative estimate of drug-likeness (QED) is 0.0379. The Bertz CT molecular complexity index is 757. The minimum Gasteiger partial charge on any atom is -0.457 e. The van der Waals surface area contributed by atoms with Crippen molar-refractivity contribution in [3.63, 3.8) is 0 Å². The molecule has 0 aromatic carbocycles. The Morgan fingerprint density at radius 2 is 1.26 bits per heavy atom. The van der Waals surface area contributed by atoms with E-state index >= 15 is 0 Å². The van der Waals surface area contributed by atoms with Gasteiger partial charge in [-0.1, -0.05) is 115 Å². The average Bonchev–Trinajstić information content (AvgIpc) is 3.05. The van der Waals surface area contributed by atoms with E-state index in [4.69, 9.17) is 18.9 Å². The van der Waals surface area contributed by atoms with Crippen LogP contribution in [0, 0.1) is 0 Å². The van der Waals surface area contributed by atoms with Crippen LogP contribution in [0.1, 0.15) is 142 Å². The first kappa shape index (κ1) is 42.7. The molecule has 1 heterocycles. The van der Waals surface area contributed by atoms with E-state index in [1.807, 2.05) is 0 Å². The summed E-state index contributed by atoms with van der Waals surface area (Å²) in [5, 5.41) is 39.8. The van der Waals surface area contributed by atoms with Gasteiger partial charge in [0.15, 0.2) is 6.29 Å². The summed E-state index contributed by atoms with van der Waals surface area (Å²) in [6.45, 7) is 4.44. The SMILES string of the molecule is CCCCCC/C=C\C/C=C\CCCCCCCCOCC(COC1OC(CO)C(O)C(O)C1O)OC(=O)CCCCCCCC. The molecule has 0 saturated carbocycles. The summed E-state index contributed by atoms with van der Waals surface area (Å²) in [6.07, 6.45) is 23.7. The first-order chi connectivity index (χ1) is 22.4. The summed E-state index contributed by atoms with van der Waals surface area (Å²) in [7, 11) is 0. The molecule has 9 heteroatoms. The van der Waals surface area contributed by atoms with E-state index in [2.05, 4.69) is 38.2 Å². The van der Waals surface area contributed by atoms with Crippen LogP contribution in [0.2, 0.25) is 0 Å². The van der Waals surface area contributed by atoms with Crippen LogP contribution in [0.3, 0.4) is 0 Å². The van der Waals surface area contributed by atoms with Gasteiger partial charge in [0, 0.05) is 13.0 Å². The standard InChI is InChI=1S/C37H68O9/c1-3-5-7-9-11-12-13-14-15-16-17-18-19-20-21-23-25-27-43-29-31(45-33(39)26-24-22-10-8-6-4-2)30-44-37-36(42)35(41)34(40)32(28-38)46-37/h12-13,15-16,31-32,34-38,40-42H,3-11,14,17-30H2,1-2H3/b13-12-,16-15-. The van der Waals surface area contributed by atoms with E-state index in [0.717, 1.165) is 51.4 Å². The lowest BCUT2D eigenvalue weighted by Crippen LogP contribution is -2.59. The highest BCUT2D eigenvalue weighted by molar-refractivity contribution is 5.69. The number of hydrogen-bond donors (Lipinski definition) is 4. The summed E-state index contributed by atoms with van der Waals surface area (Å²) in [6, 6.07) is 0. The Kier molecular flexibility index (Phi) is 27.6. The van der Waals surface area contributed by atoms with Gasteiger partial charge in [-0.2, -0.15) is 0 Å². The number of rotatable bonds is 30. The van der Waals surface area contributed by atoms with Crippen LogP contribution in [0.4, 0.5) is 0 Å². The monoisotopic (exact) mass is 656 g/mol. The van der Waals surface area contributed by atoms with Gasteiger partial charge in [-0.25, -0.2) is 0 Å². The van der Waals surface area contributed by atoms with Crippen LogP contribution >= 0.6 is 0 Å². The number of ether oxygens (including phenoxy) is 4. The van der Waals surface area contributed by atoms with Crippen molar-refractivity contribution >= 4 is 5.97 Å². The number of esters is 1. The van der Waals surface area contributed by atoms with E-state index in [1.165, 1.54) is 70.6 Å². The lowest BCUT2D eigenvalue weighted by atomic mass is 9.99. The van der Waals surface area contributed by atoms with Crippen molar-refractivity contribution < 1.29 is 44.2 Å². The molecule has 0 aliphatic carbocycles. The van der Waals surface area contributed by atoms with Gasteiger partial charge >= 0.3 is 5.97 Å². The summed E-state index contributed by atoms with van der Waals surface area (Å²) in [4.78, 5) is 12.5. The van der Waals surface area contributed by atoms with E-state index in [-0.39, 0.29) is 19.2 Å². The smallest absolute Gasteiger partial charge is 0.306 e. The zero-order valence-corrected chi connectivity index (χ0v) is 29.1. The van der Waals surface area contributed by atoms with Gasteiger partial charge in [-0.15, -0.1) is 0 Å². The summed E-state index contributed by atoms with van der Waals surface area (Å²) < 4.78 is 22.6. The third-order valence-electron chi connectivity index (χ3n) is 8.37. The maximum atomic E-state index is 12.5. The van der Waals surface area contributed by atoms with Crippen LogP contribution in [0.5, 0.6) is 0 Å². The fourth-order valence-electron chi connectivity index (χ4n) is 5.40. The molecule has 0 spiro atoms. The van der Waals surface area contributed by atoms with Crippen molar-refractivity contribution in [1.82, 2.24) is 0 Å². The zero-order chi connectivity index (χ0) is 33.7. The molecule has 0 bridgehead atoms. The van der Waals surface area contributed by atoms with Crippen molar-refractivity contribution in [2.45, 2.75) is 179 Å². The second-order valence-electron chi connectivity index (χ2n) is 12.7. The van der Waals surface area contributed by atoms with Gasteiger partial charge in [-0.05, 0) is 44.9 Å². The molecule has 0 amide bonds. The highest BCUT2D eigenvalue weighted by Crippen LogP contribution is 2.22. The molecule has 6 atom stereocenters. The molecular weight excluding hydrogens is 588 g/mol. The first-order valence-corrected chi connectivity index (χ1v) is 18.4. The molecule has 1 fully saturated rings. The summed E-state index contributed by atoms with van der Waals surface area (Å²) >= 11 is 0. The number of carbonyl (C=O) groups is 1. The van der Waals surface area contributed by atoms with E-state index < -0.39 is 43.4 Å². The van der Waals surface area contributed by atoms with Gasteiger partial charge < -0.3 is 39.4 Å². The van der Waals surface area contributed by atoms with Crippen molar-refractivity contribution in [2.75, 3.05) is 26.4 Å². The fourth-order valence-corrected chi connectivity index (χ4v) is 5.40. The Morgan fingerprint density at radius 1 is 0.696 bits per heavy atom. The predicted molar refractivity (Wildman–Crippen MR) is 182 cm³/mol. The van der Waals surface area contributed by atoms with Gasteiger partial charge in [-0.3, -0.25) is 4.79 Å². The third kappa shape index (κ3) is 21.5. The molecule has 1 rings (SSSR count). The summed E-state index contributed by atoms with van der Waals surface area (Å²) in [5.41, 5.74) is 0. The summed E-state index contributed by atoms with van der Waals surface area (Å²) in [5.74, 6) is -0.328. The van der Waals surface area contributed by atoms with Crippen molar-refractivity contribution in [3.8, 4) is 0 Å². The van der Waals surface area contributed by atoms with E-state index in [9.17, 15) is 25.2 Å². The Labute approximate surface area is 279 Å². The maximum Gasteiger partial charge on any atom is 0.306 e. The molecule has 1 aliphatic heterocycles. The van der Waals surface area contributed by atoms with Crippen LogP contribution < -0.4 is 0 Å². The molecular formula is C37H68O9. The minimum atomic E-state index is -1.53. The number of aliphatic hydroxyl groups excluding tert-OH is 4. The molecule has 9 nitrogen and oxygen atoms in total. The Hall–Kier alpha value is -1.33. The Morgan fingerprint density at radius 3 is 1.89 bits per heavy atom. The molecule has 4 N–H and O–H groups in total. The molecule has 6 unspecified atom stereocenters. The van der Waals surface area contributed by atoms with E-state index in [0.29, 0.717) is 13.0 Å². The Balaban J connectivity index is 2.28. The molecule has 1 aliphatic rings. The van der Waals surface area contributed by atoms with Gasteiger partial charge in [0.25, 0.3) is 0 Å². The van der Waals surface area contributed by atoms with Gasteiger partial charge in [0.05, 0.1) is 19.8 Å². The zero-order valence-electron chi connectivity index (χ0n) is 29.1. The van der Waals surface area contributed by atoms with Crippen molar-refractivity contribution in [1.29, 1.82) is 0 Å². The molecule has 270 valence electrons. The lowest BCUT2D eigenvalue weighted by Gasteiger charge is -2.39. The number of aliphatic hydroxyl groups is 4. The predicted octanol–water partition coefficient (Wildman–Crippen LogP) is 6.69. The first-order valence-electron chi connectivity index (χ1n) is 18.4. The minimum absolute atomic E-state index is 0.116. The molecule has 0 aromatic heterocycles. The fraction of sp³-hybridized carbons (Fsp3) is 0.865. The number of hydrogen-bond acceptors (Lipinski definition) is 9. The number of unbranched alkanes of at least 4 members (excludes halogenated alkanes) is 15. The number of carbonyl (C=O) groups excluding carboxylic acids is 1. The largest absolute Gasteiger partial charge is 0.457 e. The van der Waals surface area contributed by atoms with Gasteiger partial charge in [0.2, 0.25) is 0 Å². The molecule has 1 saturated heterocycles. The topological polar surface area (TPSA) is 135 Å². The van der Waals surface area contributed by atoms with Crippen molar-refractivity contribution in [2.24, 2.45) is 0 Å². The second-order valence-corrected chi connectivity index (χ2v) is 12.7. The molecule has 46 heavy (non-hydrogen) atoms. The average molecular weight is 657 g/mol. The molecule has 0 aromatic rings. The van der Waals surface area contributed by atoms with Crippen LogP contribution in [0.25, 0.3) is 0 Å². The van der Waals surface area contributed by atoms with E-state index in [1.54, 1.807) is 0 Å². The maximum absolute atomic E-state index is 12.5. The van der Waals surface area contributed by atoms with Crippen LogP contribution in [-0.4, -0.2) is 89.6 Å². The van der Waals surface area contributed by atoms with Crippen molar-refractivity contribution in [3.05, 3.63) is 24.3 Å². The highest BCUT2D eigenvalue weighted by Gasteiger charge is 2.44. The number of allylic oxidation sites excluding steroid dienone is 4. The molecule has 0 radical (unpaired) electrons.